The summed E-state index contributed by atoms with van der Waals surface area (Å²) < 4.78 is 1.60. The van der Waals surface area contributed by atoms with Crippen molar-refractivity contribution in [2.75, 3.05) is 6.54 Å². The summed E-state index contributed by atoms with van der Waals surface area (Å²) in [6, 6.07) is 1.88. The van der Waals surface area contributed by atoms with Gasteiger partial charge in [0.05, 0.1) is 0 Å². The van der Waals surface area contributed by atoms with Crippen molar-refractivity contribution in [2.24, 2.45) is 5.73 Å². The molecule has 1 unspecified atom stereocenters. The van der Waals surface area contributed by atoms with E-state index in [1.54, 1.807) is 23.1 Å². The molecule has 0 aliphatic heterocycles. The monoisotopic (exact) mass is 224 g/mol. The molecule has 16 heavy (non-hydrogen) atoms. The molecule has 0 bridgehead atoms. The van der Waals surface area contributed by atoms with Crippen molar-refractivity contribution >= 4 is 5.91 Å². The third-order valence-corrected chi connectivity index (χ3v) is 2.42. The van der Waals surface area contributed by atoms with Crippen LogP contribution in [0.1, 0.15) is 26.2 Å². The number of nitrogens with one attached hydrogen (secondary N) is 1. The molecule has 5 heteroatoms. The number of unbranched alkanes of at least 4 members (excludes halogenated alkanes) is 1. The van der Waals surface area contributed by atoms with Crippen LogP contribution in [0.2, 0.25) is 0 Å². The van der Waals surface area contributed by atoms with E-state index in [-0.39, 0.29) is 18.5 Å². The van der Waals surface area contributed by atoms with E-state index in [0.29, 0.717) is 6.54 Å². The SMILES string of the molecule is CCCCC(CN)NC(=O)Cn1cccn1. The van der Waals surface area contributed by atoms with Crippen LogP contribution in [-0.2, 0) is 11.3 Å². The number of rotatable bonds is 7. The molecule has 1 atom stereocenters. The van der Waals surface area contributed by atoms with Gasteiger partial charge >= 0.3 is 0 Å². The van der Waals surface area contributed by atoms with Crippen LogP contribution in [0.4, 0.5) is 0 Å². The third-order valence-electron chi connectivity index (χ3n) is 2.42. The Bertz CT molecular complexity index is 297. The fourth-order valence-corrected chi connectivity index (χ4v) is 1.51. The minimum absolute atomic E-state index is 0.0322. The Morgan fingerprint density at radius 2 is 2.44 bits per heavy atom. The Morgan fingerprint density at radius 3 is 3.00 bits per heavy atom. The van der Waals surface area contributed by atoms with Gasteiger partial charge in [0, 0.05) is 25.0 Å². The molecule has 1 aromatic rings. The Balaban J connectivity index is 2.31. The van der Waals surface area contributed by atoms with Crippen LogP contribution in [0, 0.1) is 0 Å². The van der Waals surface area contributed by atoms with E-state index in [2.05, 4.69) is 17.3 Å². The lowest BCUT2D eigenvalue weighted by Gasteiger charge is -2.16. The number of carbonyl (C=O) groups excluding carboxylic acids is 1. The minimum atomic E-state index is -0.0322. The van der Waals surface area contributed by atoms with Crippen LogP contribution in [0.3, 0.4) is 0 Å². The zero-order valence-corrected chi connectivity index (χ0v) is 9.72. The fourth-order valence-electron chi connectivity index (χ4n) is 1.51. The van der Waals surface area contributed by atoms with Gasteiger partial charge in [0.25, 0.3) is 0 Å². The molecule has 1 aromatic heterocycles. The normalized spacial score (nSPS) is 12.4. The van der Waals surface area contributed by atoms with Crippen molar-refractivity contribution in [3.63, 3.8) is 0 Å². The van der Waals surface area contributed by atoms with Crippen molar-refractivity contribution in [1.29, 1.82) is 0 Å². The largest absolute Gasteiger partial charge is 0.350 e. The first-order valence-electron chi connectivity index (χ1n) is 5.73. The van der Waals surface area contributed by atoms with Gasteiger partial charge in [-0.05, 0) is 12.5 Å². The summed E-state index contributed by atoms with van der Waals surface area (Å²) in [6.07, 6.45) is 6.57. The quantitative estimate of drug-likeness (QED) is 0.709. The van der Waals surface area contributed by atoms with Gasteiger partial charge in [-0.1, -0.05) is 19.8 Å². The van der Waals surface area contributed by atoms with Crippen LogP contribution in [0.25, 0.3) is 0 Å². The van der Waals surface area contributed by atoms with E-state index in [4.69, 9.17) is 5.73 Å². The van der Waals surface area contributed by atoms with Crippen molar-refractivity contribution in [3.8, 4) is 0 Å². The van der Waals surface area contributed by atoms with Crippen LogP contribution < -0.4 is 11.1 Å². The van der Waals surface area contributed by atoms with Crippen molar-refractivity contribution in [3.05, 3.63) is 18.5 Å². The van der Waals surface area contributed by atoms with Gasteiger partial charge in [-0.15, -0.1) is 0 Å². The van der Waals surface area contributed by atoms with Gasteiger partial charge in [0.1, 0.15) is 6.54 Å². The summed E-state index contributed by atoms with van der Waals surface area (Å²) in [6.45, 7) is 2.87. The third kappa shape index (κ3) is 4.44. The van der Waals surface area contributed by atoms with E-state index < -0.39 is 0 Å². The number of nitrogens with two attached hydrogens (primary N) is 1. The highest BCUT2D eigenvalue weighted by Gasteiger charge is 2.10. The van der Waals surface area contributed by atoms with E-state index in [1.165, 1.54) is 0 Å². The average molecular weight is 224 g/mol. The molecular formula is C11H20N4O. The average Bonchev–Trinajstić information content (AvgIpc) is 2.76. The molecule has 0 aromatic carbocycles. The zero-order valence-electron chi connectivity index (χ0n) is 9.72. The first kappa shape index (κ1) is 12.7. The van der Waals surface area contributed by atoms with E-state index in [0.717, 1.165) is 19.3 Å². The summed E-state index contributed by atoms with van der Waals surface area (Å²) in [5, 5.41) is 6.89. The smallest absolute Gasteiger partial charge is 0.241 e. The van der Waals surface area contributed by atoms with E-state index in [1.807, 2.05) is 0 Å². The Morgan fingerprint density at radius 1 is 1.62 bits per heavy atom. The van der Waals surface area contributed by atoms with Crippen LogP contribution >= 0.6 is 0 Å². The number of nitrogens with zero attached hydrogens (tertiary/aromatic N) is 2. The minimum Gasteiger partial charge on any atom is -0.350 e. The molecule has 0 fully saturated rings. The maximum Gasteiger partial charge on any atom is 0.241 e. The van der Waals surface area contributed by atoms with Crippen LogP contribution in [0.5, 0.6) is 0 Å². The summed E-state index contributed by atoms with van der Waals surface area (Å²) in [4.78, 5) is 11.6. The molecule has 1 heterocycles. The number of hydrogen-bond donors (Lipinski definition) is 2. The second-order valence-corrected chi connectivity index (χ2v) is 3.85. The van der Waals surface area contributed by atoms with Gasteiger partial charge in [-0.25, -0.2) is 0 Å². The predicted octanol–water partition coefficient (Wildman–Crippen LogP) is 0.517. The molecule has 5 nitrogen and oxygen atoms in total. The maximum atomic E-state index is 11.6. The lowest BCUT2D eigenvalue weighted by molar-refractivity contribution is -0.122. The van der Waals surface area contributed by atoms with E-state index in [9.17, 15) is 4.79 Å². The van der Waals surface area contributed by atoms with E-state index >= 15 is 0 Å². The molecule has 0 saturated heterocycles. The number of amides is 1. The van der Waals surface area contributed by atoms with Crippen LogP contribution in [-0.4, -0.2) is 28.3 Å². The van der Waals surface area contributed by atoms with Gasteiger partial charge < -0.3 is 11.1 Å². The van der Waals surface area contributed by atoms with Gasteiger partial charge in [0.15, 0.2) is 0 Å². The first-order valence-corrected chi connectivity index (χ1v) is 5.73. The fraction of sp³-hybridized carbons (Fsp3) is 0.636. The van der Waals surface area contributed by atoms with Crippen molar-refractivity contribution in [1.82, 2.24) is 15.1 Å². The van der Waals surface area contributed by atoms with Crippen molar-refractivity contribution in [2.45, 2.75) is 38.8 Å². The number of carbonyl (C=O) groups is 1. The number of hydrogen-bond acceptors (Lipinski definition) is 3. The molecule has 0 radical (unpaired) electrons. The second-order valence-electron chi connectivity index (χ2n) is 3.85. The summed E-state index contributed by atoms with van der Waals surface area (Å²) in [7, 11) is 0. The maximum absolute atomic E-state index is 11.6. The van der Waals surface area contributed by atoms with Gasteiger partial charge in [0.2, 0.25) is 5.91 Å². The molecule has 1 amide bonds. The second kappa shape index (κ2) is 7.00. The highest BCUT2D eigenvalue weighted by atomic mass is 16.2. The van der Waals surface area contributed by atoms with Crippen LogP contribution in [0.15, 0.2) is 18.5 Å². The topological polar surface area (TPSA) is 72.9 Å². The standard InChI is InChI=1S/C11H20N4O/c1-2-3-5-10(8-12)14-11(16)9-15-7-4-6-13-15/h4,6-7,10H,2-3,5,8-9,12H2,1H3,(H,14,16). The molecule has 90 valence electrons. The lowest BCUT2D eigenvalue weighted by Crippen LogP contribution is -2.41. The molecule has 0 aliphatic carbocycles. The Kier molecular flexibility index (Phi) is 5.56. The summed E-state index contributed by atoms with van der Waals surface area (Å²) in [5.41, 5.74) is 5.60. The first-order chi connectivity index (χ1) is 7.76. The van der Waals surface area contributed by atoms with Gasteiger partial charge in [-0.2, -0.15) is 5.10 Å². The molecule has 1 rings (SSSR count). The number of aromatic nitrogens is 2. The molecule has 0 aliphatic rings. The summed E-state index contributed by atoms with van der Waals surface area (Å²) in [5.74, 6) is -0.0322. The Labute approximate surface area is 96.0 Å². The predicted molar refractivity (Wildman–Crippen MR) is 62.7 cm³/mol. The van der Waals surface area contributed by atoms with Gasteiger partial charge in [-0.3, -0.25) is 9.48 Å². The molecule has 3 N–H and O–H groups in total. The molecular weight excluding hydrogens is 204 g/mol. The Hall–Kier alpha value is -1.36. The lowest BCUT2D eigenvalue weighted by atomic mass is 10.1. The summed E-state index contributed by atoms with van der Waals surface area (Å²) >= 11 is 0. The highest BCUT2D eigenvalue weighted by Crippen LogP contribution is 1.99. The van der Waals surface area contributed by atoms with Crippen molar-refractivity contribution < 1.29 is 4.79 Å². The highest BCUT2D eigenvalue weighted by molar-refractivity contribution is 5.75. The molecule has 0 spiro atoms. The molecule has 0 saturated carbocycles. The zero-order chi connectivity index (χ0) is 11.8.